The summed E-state index contributed by atoms with van der Waals surface area (Å²) in [6.07, 6.45) is 5.06. The summed E-state index contributed by atoms with van der Waals surface area (Å²) in [5.74, 6) is 2.71. The van der Waals surface area contributed by atoms with E-state index in [1.807, 2.05) is 6.08 Å². The van der Waals surface area contributed by atoms with Gasteiger partial charge in [-0.1, -0.05) is 30.8 Å². The number of hydrogen-bond donors (Lipinski definition) is 1. The molecule has 0 amide bonds. The van der Waals surface area contributed by atoms with E-state index in [1.54, 1.807) is 11.8 Å². The van der Waals surface area contributed by atoms with Crippen molar-refractivity contribution < 1.29 is 0 Å². The first kappa shape index (κ1) is 11.1. The van der Waals surface area contributed by atoms with Gasteiger partial charge in [0.2, 0.25) is 0 Å². The second-order valence-corrected chi connectivity index (χ2v) is 4.68. The van der Waals surface area contributed by atoms with Gasteiger partial charge >= 0.3 is 0 Å². The van der Waals surface area contributed by atoms with Gasteiger partial charge in [-0.2, -0.15) is 17.0 Å². The zero-order chi connectivity index (χ0) is 9.52. The predicted octanol–water partition coefficient (Wildman–Crippen LogP) is 2.68. The minimum absolute atomic E-state index is 0.802. The molecule has 72 valence electrons. The van der Waals surface area contributed by atoms with Crippen LogP contribution in [-0.4, -0.2) is 20.9 Å². The molecule has 0 saturated heterocycles. The third kappa shape index (κ3) is 4.15. The van der Waals surface area contributed by atoms with Crippen LogP contribution in [0.4, 0.5) is 0 Å². The van der Waals surface area contributed by atoms with Crippen molar-refractivity contribution in [1.82, 2.24) is 9.36 Å². The third-order valence-electron chi connectivity index (χ3n) is 1.34. The molecule has 0 atom stereocenters. The van der Waals surface area contributed by atoms with Crippen molar-refractivity contribution in [3.05, 3.63) is 18.0 Å². The molecule has 0 N–H and O–H groups in total. The SMILES string of the molecule is CCc1nsc(SCC=CCS)n1. The maximum Gasteiger partial charge on any atom is 0.170 e. The quantitative estimate of drug-likeness (QED) is 0.480. The second kappa shape index (κ2) is 6.45. The fourth-order valence-electron chi connectivity index (χ4n) is 0.702. The monoisotopic (exact) mass is 232 g/mol. The molecule has 0 aliphatic rings. The second-order valence-electron chi connectivity index (χ2n) is 2.30. The summed E-state index contributed by atoms with van der Waals surface area (Å²) in [7, 11) is 0. The Labute approximate surface area is 92.4 Å². The average Bonchev–Trinajstić information content (AvgIpc) is 2.60. The largest absolute Gasteiger partial charge is 0.213 e. The highest BCUT2D eigenvalue weighted by molar-refractivity contribution is 8.01. The minimum atomic E-state index is 0.802. The fraction of sp³-hybridized carbons (Fsp3) is 0.500. The van der Waals surface area contributed by atoms with E-state index < -0.39 is 0 Å². The van der Waals surface area contributed by atoms with Gasteiger partial charge in [-0.25, -0.2) is 4.98 Å². The normalized spacial score (nSPS) is 11.2. The van der Waals surface area contributed by atoms with Gasteiger partial charge in [-0.15, -0.1) is 0 Å². The molecule has 0 aliphatic heterocycles. The lowest BCUT2D eigenvalue weighted by molar-refractivity contribution is 0.972. The van der Waals surface area contributed by atoms with E-state index in [2.05, 4.69) is 35.0 Å². The summed E-state index contributed by atoms with van der Waals surface area (Å²) in [4.78, 5) is 4.34. The van der Waals surface area contributed by atoms with Crippen LogP contribution in [0, 0.1) is 0 Å². The van der Waals surface area contributed by atoms with E-state index in [0.717, 1.165) is 28.1 Å². The molecule has 0 spiro atoms. The molecule has 13 heavy (non-hydrogen) atoms. The van der Waals surface area contributed by atoms with Gasteiger partial charge in [0, 0.05) is 17.9 Å². The summed E-state index contributed by atoms with van der Waals surface area (Å²) < 4.78 is 5.26. The van der Waals surface area contributed by atoms with Crippen molar-refractivity contribution >= 4 is 35.9 Å². The van der Waals surface area contributed by atoms with Crippen LogP contribution in [-0.2, 0) is 6.42 Å². The Hall–Kier alpha value is -0.0000000000000000833. The van der Waals surface area contributed by atoms with Crippen LogP contribution < -0.4 is 0 Å². The lowest BCUT2D eigenvalue weighted by atomic mass is 10.5. The lowest BCUT2D eigenvalue weighted by Crippen LogP contribution is -1.81. The Morgan fingerprint density at radius 2 is 2.38 bits per heavy atom. The van der Waals surface area contributed by atoms with Crippen molar-refractivity contribution in [2.24, 2.45) is 0 Å². The van der Waals surface area contributed by atoms with Gasteiger partial charge in [0.25, 0.3) is 0 Å². The molecule has 1 aromatic heterocycles. The molecule has 0 saturated carbocycles. The van der Waals surface area contributed by atoms with Crippen LogP contribution in [0.3, 0.4) is 0 Å². The summed E-state index contributed by atoms with van der Waals surface area (Å²) >= 11 is 7.28. The van der Waals surface area contributed by atoms with E-state index >= 15 is 0 Å². The molecule has 0 unspecified atom stereocenters. The molecule has 1 aromatic rings. The molecule has 0 aliphatic carbocycles. The lowest BCUT2D eigenvalue weighted by Gasteiger charge is -1.88. The predicted molar refractivity (Wildman–Crippen MR) is 63.0 cm³/mol. The third-order valence-corrected chi connectivity index (χ3v) is 3.38. The molecular weight excluding hydrogens is 220 g/mol. The van der Waals surface area contributed by atoms with E-state index in [9.17, 15) is 0 Å². The maximum absolute atomic E-state index is 4.34. The number of thioether (sulfide) groups is 1. The Balaban J connectivity index is 2.32. The van der Waals surface area contributed by atoms with Crippen LogP contribution in [0.1, 0.15) is 12.7 Å². The Morgan fingerprint density at radius 1 is 1.54 bits per heavy atom. The molecule has 0 fully saturated rings. The van der Waals surface area contributed by atoms with Gasteiger partial charge in [-0.3, -0.25) is 0 Å². The molecule has 1 rings (SSSR count). The van der Waals surface area contributed by atoms with Crippen LogP contribution in [0.15, 0.2) is 16.5 Å². The van der Waals surface area contributed by atoms with Gasteiger partial charge in [-0.05, 0) is 11.5 Å². The first-order chi connectivity index (χ1) is 6.36. The van der Waals surface area contributed by atoms with E-state index in [-0.39, 0.29) is 0 Å². The topological polar surface area (TPSA) is 25.8 Å². The number of thiol groups is 1. The Kier molecular flexibility index (Phi) is 5.50. The summed E-state index contributed by atoms with van der Waals surface area (Å²) in [6.45, 7) is 2.07. The number of hydrogen-bond acceptors (Lipinski definition) is 5. The van der Waals surface area contributed by atoms with Crippen LogP contribution in [0.25, 0.3) is 0 Å². The first-order valence-electron chi connectivity index (χ1n) is 4.08. The van der Waals surface area contributed by atoms with Crippen molar-refractivity contribution in [3.63, 3.8) is 0 Å². The Bertz CT molecular complexity index is 270. The van der Waals surface area contributed by atoms with Gasteiger partial charge in [0.15, 0.2) is 4.34 Å². The van der Waals surface area contributed by atoms with Gasteiger partial charge in [0.1, 0.15) is 5.82 Å². The van der Waals surface area contributed by atoms with Gasteiger partial charge < -0.3 is 0 Å². The standard InChI is InChI=1S/C8H12N2S3/c1-2-7-9-8(13-10-7)12-6-4-3-5-11/h3-4,11H,2,5-6H2,1H3. The van der Waals surface area contributed by atoms with Crippen molar-refractivity contribution in [1.29, 1.82) is 0 Å². The smallest absolute Gasteiger partial charge is 0.170 e. The van der Waals surface area contributed by atoms with E-state index in [1.165, 1.54) is 11.5 Å². The molecule has 0 bridgehead atoms. The molecular formula is C8H12N2S3. The molecule has 1 heterocycles. The summed E-state index contributed by atoms with van der Waals surface area (Å²) in [5, 5.41) is 0. The number of aromatic nitrogens is 2. The number of rotatable bonds is 5. The summed E-state index contributed by atoms with van der Waals surface area (Å²) in [6, 6.07) is 0. The number of aryl methyl sites for hydroxylation is 1. The highest BCUT2D eigenvalue weighted by Gasteiger charge is 2.00. The molecule has 2 nitrogen and oxygen atoms in total. The minimum Gasteiger partial charge on any atom is -0.213 e. The molecule has 5 heteroatoms. The van der Waals surface area contributed by atoms with Crippen molar-refractivity contribution in [2.45, 2.75) is 17.7 Å². The maximum atomic E-state index is 4.34. The first-order valence-corrected chi connectivity index (χ1v) is 6.47. The van der Waals surface area contributed by atoms with Gasteiger partial charge in [0.05, 0.1) is 0 Å². The fourth-order valence-corrected chi connectivity index (χ4v) is 2.42. The van der Waals surface area contributed by atoms with Crippen molar-refractivity contribution in [3.8, 4) is 0 Å². The number of nitrogens with zero attached hydrogens (tertiary/aromatic N) is 2. The Morgan fingerprint density at radius 3 is 3.00 bits per heavy atom. The zero-order valence-electron chi connectivity index (χ0n) is 7.43. The van der Waals surface area contributed by atoms with E-state index in [0.29, 0.717) is 0 Å². The van der Waals surface area contributed by atoms with E-state index in [4.69, 9.17) is 0 Å². The molecule has 0 radical (unpaired) electrons. The summed E-state index contributed by atoms with van der Waals surface area (Å²) in [5.41, 5.74) is 0. The van der Waals surface area contributed by atoms with Crippen LogP contribution in [0.5, 0.6) is 0 Å². The molecule has 0 aromatic carbocycles. The van der Waals surface area contributed by atoms with Crippen molar-refractivity contribution in [2.75, 3.05) is 11.5 Å². The highest BCUT2D eigenvalue weighted by atomic mass is 32.2. The van der Waals surface area contributed by atoms with Crippen LogP contribution >= 0.6 is 35.9 Å². The average molecular weight is 232 g/mol. The highest BCUT2D eigenvalue weighted by Crippen LogP contribution is 2.19. The van der Waals surface area contributed by atoms with Crippen LogP contribution in [0.2, 0.25) is 0 Å². The zero-order valence-corrected chi connectivity index (χ0v) is 9.96.